The van der Waals surface area contributed by atoms with Crippen LogP contribution in [0.15, 0.2) is 125 Å². The number of thioether (sulfide) groups is 1. The highest BCUT2D eigenvalue weighted by Crippen LogP contribution is 2.30. The Kier molecular flexibility index (Phi) is 11.4. The third-order valence-electron chi connectivity index (χ3n) is 7.28. The average Bonchev–Trinajstić information content (AvgIpc) is 3.56. The van der Waals surface area contributed by atoms with Gasteiger partial charge in [0.25, 0.3) is 11.8 Å². The SMILES string of the molecule is CCC(Sc1cccc(NC(=O)/C(=C\c2ccc(C(C)C)cc2)NC(=O)c2ccccc2)c1)C(=O)Nc1nc(-c2ccccc2)cs1. The number of hydrogen-bond donors (Lipinski definition) is 3. The van der Waals surface area contributed by atoms with Crippen LogP contribution in [-0.4, -0.2) is 28.0 Å². The number of anilines is 2. The first-order valence-electron chi connectivity index (χ1n) is 15.4. The summed E-state index contributed by atoms with van der Waals surface area (Å²) in [6, 6.07) is 33.8. The molecule has 7 nitrogen and oxygen atoms in total. The number of benzene rings is 4. The van der Waals surface area contributed by atoms with Gasteiger partial charge >= 0.3 is 0 Å². The van der Waals surface area contributed by atoms with E-state index >= 15 is 0 Å². The van der Waals surface area contributed by atoms with Crippen molar-refractivity contribution in [3.05, 3.63) is 137 Å². The largest absolute Gasteiger partial charge is 0.321 e. The molecule has 0 aliphatic carbocycles. The van der Waals surface area contributed by atoms with E-state index in [1.165, 1.54) is 28.7 Å². The maximum Gasteiger partial charge on any atom is 0.272 e. The zero-order valence-corrected chi connectivity index (χ0v) is 28.0. The van der Waals surface area contributed by atoms with Crippen LogP contribution in [0, 0.1) is 0 Å². The van der Waals surface area contributed by atoms with Crippen molar-refractivity contribution in [1.82, 2.24) is 10.3 Å². The van der Waals surface area contributed by atoms with E-state index in [9.17, 15) is 14.4 Å². The molecule has 9 heteroatoms. The van der Waals surface area contributed by atoms with E-state index in [1.54, 1.807) is 36.4 Å². The van der Waals surface area contributed by atoms with Crippen LogP contribution >= 0.6 is 23.1 Å². The first-order valence-corrected chi connectivity index (χ1v) is 17.1. The summed E-state index contributed by atoms with van der Waals surface area (Å²) >= 11 is 2.80. The fourth-order valence-electron chi connectivity index (χ4n) is 4.68. The molecular formula is C38H36N4O3S2. The van der Waals surface area contributed by atoms with Crippen LogP contribution in [0.25, 0.3) is 17.3 Å². The van der Waals surface area contributed by atoms with Gasteiger partial charge in [0.2, 0.25) is 5.91 Å². The van der Waals surface area contributed by atoms with Gasteiger partial charge in [0, 0.05) is 27.1 Å². The molecule has 0 aliphatic rings. The van der Waals surface area contributed by atoms with Gasteiger partial charge in [-0.25, -0.2) is 4.98 Å². The minimum absolute atomic E-state index is 0.110. The van der Waals surface area contributed by atoms with Crippen molar-refractivity contribution in [2.75, 3.05) is 10.6 Å². The minimum Gasteiger partial charge on any atom is -0.321 e. The van der Waals surface area contributed by atoms with Crippen molar-refractivity contribution in [3.63, 3.8) is 0 Å². The third kappa shape index (κ3) is 9.28. The van der Waals surface area contributed by atoms with Gasteiger partial charge in [0.15, 0.2) is 5.13 Å². The second-order valence-electron chi connectivity index (χ2n) is 11.1. The lowest BCUT2D eigenvalue weighted by atomic mass is 10.0. The summed E-state index contributed by atoms with van der Waals surface area (Å²) in [5.41, 5.74) is 4.86. The van der Waals surface area contributed by atoms with Crippen LogP contribution in [0.2, 0.25) is 0 Å². The van der Waals surface area contributed by atoms with Gasteiger partial charge in [-0.1, -0.05) is 99.6 Å². The lowest BCUT2D eigenvalue weighted by Crippen LogP contribution is -2.30. The molecule has 0 fully saturated rings. The topological polar surface area (TPSA) is 100 Å². The Hall–Kier alpha value is -4.99. The number of rotatable bonds is 12. The molecule has 0 spiro atoms. The summed E-state index contributed by atoms with van der Waals surface area (Å²) < 4.78 is 0. The van der Waals surface area contributed by atoms with Crippen LogP contribution in [-0.2, 0) is 9.59 Å². The second-order valence-corrected chi connectivity index (χ2v) is 13.2. The van der Waals surface area contributed by atoms with Gasteiger partial charge < -0.3 is 16.0 Å². The fraction of sp³-hybridized carbons (Fsp3) is 0.158. The van der Waals surface area contributed by atoms with Crippen molar-refractivity contribution in [1.29, 1.82) is 0 Å². The molecule has 3 amide bonds. The zero-order chi connectivity index (χ0) is 33.2. The van der Waals surface area contributed by atoms with Crippen molar-refractivity contribution >= 4 is 57.7 Å². The number of nitrogens with one attached hydrogen (secondary N) is 3. The molecule has 1 unspecified atom stereocenters. The van der Waals surface area contributed by atoms with E-state index in [0.29, 0.717) is 28.7 Å². The minimum atomic E-state index is -0.466. The normalized spacial score (nSPS) is 12.0. The van der Waals surface area contributed by atoms with Crippen LogP contribution in [0.1, 0.15) is 54.6 Å². The smallest absolute Gasteiger partial charge is 0.272 e. The van der Waals surface area contributed by atoms with Crippen LogP contribution in [0.5, 0.6) is 0 Å². The summed E-state index contributed by atoms with van der Waals surface area (Å²) in [5.74, 6) is -0.620. The third-order valence-corrected chi connectivity index (χ3v) is 9.40. The number of nitrogens with zero attached hydrogens (tertiary/aromatic N) is 1. The molecule has 0 bridgehead atoms. The molecule has 0 radical (unpaired) electrons. The molecule has 1 heterocycles. The molecule has 3 N–H and O–H groups in total. The first-order chi connectivity index (χ1) is 22.8. The summed E-state index contributed by atoms with van der Waals surface area (Å²) in [4.78, 5) is 45.3. The monoisotopic (exact) mass is 660 g/mol. The molecule has 5 aromatic rings. The van der Waals surface area contributed by atoms with Crippen molar-refractivity contribution < 1.29 is 14.4 Å². The Morgan fingerprint density at radius 1 is 0.851 bits per heavy atom. The molecule has 0 saturated carbocycles. The first kappa shape index (κ1) is 33.4. The lowest BCUT2D eigenvalue weighted by Gasteiger charge is -2.15. The molecular weight excluding hydrogens is 625 g/mol. The van der Waals surface area contributed by atoms with Crippen molar-refractivity contribution in [2.24, 2.45) is 0 Å². The van der Waals surface area contributed by atoms with E-state index < -0.39 is 5.91 Å². The molecule has 1 aromatic heterocycles. The van der Waals surface area contributed by atoms with Gasteiger partial charge in [-0.05, 0) is 59.9 Å². The zero-order valence-electron chi connectivity index (χ0n) is 26.4. The highest BCUT2D eigenvalue weighted by Gasteiger charge is 2.20. The number of amides is 3. The Morgan fingerprint density at radius 2 is 1.55 bits per heavy atom. The number of carbonyl (C=O) groups excluding carboxylic acids is 3. The Bertz CT molecular complexity index is 1850. The summed E-state index contributed by atoms with van der Waals surface area (Å²) in [7, 11) is 0. The lowest BCUT2D eigenvalue weighted by molar-refractivity contribution is -0.116. The number of carbonyl (C=O) groups is 3. The number of aromatic nitrogens is 1. The van der Waals surface area contributed by atoms with E-state index in [4.69, 9.17) is 0 Å². The van der Waals surface area contributed by atoms with Gasteiger partial charge in [-0.2, -0.15) is 0 Å². The molecule has 238 valence electrons. The van der Waals surface area contributed by atoms with Crippen LogP contribution < -0.4 is 16.0 Å². The predicted molar refractivity (Wildman–Crippen MR) is 194 cm³/mol. The predicted octanol–water partition coefficient (Wildman–Crippen LogP) is 8.85. The van der Waals surface area contributed by atoms with Crippen LogP contribution in [0.3, 0.4) is 0 Å². The standard InChI is InChI=1S/C38H36N4O3S2/c1-4-34(37(45)42-38-41-33(24-46-38)28-12-7-5-8-13-28)47-31-17-11-16-30(23-31)39-36(44)32(40-35(43)29-14-9-6-10-15-29)22-26-18-20-27(21-19-26)25(2)3/h5-25,34H,4H2,1-3H3,(H,39,44)(H,40,43)(H,41,42,45)/b32-22+. The Labute approximate surface area is 283 Å². The van der Waals surface area contributed by atoms with Gasteiger partial charge in [-0.15, -0.1) is 23.1 Å². The van der Waals surface area contributed by atoms with E-state index in [2.05, 4.69) is 34.8 Å². The van der Waals surface area contributed by atoms with Gasteiger partial charge in [0.05, 0.1) is 10.9 Å². The fourth-order valence-corrected chi connectivity index (χ4v) is 6.41. The van der Waals surface area contributed by atoms with Crippen molar-refractivity contribution in [3.8, 4) is 11.3 Å². The summed E-state index contributed by atoms with van der Waals surface area (Å²) in [6.45, 7) is 6.20. The maximum atomic E-state index is 13.6. The average molecular weight is 661 g/mol. The molecule has 5 rings (SSSR count). The van der Waals surface area contributed by atoms with Crippen LogP contribution in [0.4, 0.5) is 10.8 Å². The Balaban J connectivity index is 1.28. The van der Waals surface area contributed by atoms with E-state index in [0.717, 1.165) is 21.7 Å². The molecule has 4 aromatic carbocycles. The highest BCUT2D eigenvalue weighted by molar-refractivity contribution is 8.00. The summed E-state index contributed by atoms with van der Waals surface area (Å²) in [5, 5.41) is 10.8. The Morgan fingerprint density at radius 3 is 2.23 bits per heavy atom. The second kappa shape index (κ2) is 16.0. The highest BCUT2D eigenvalue weighted by atomic mass is 32.2. The van der Waals surface area contributed by atoms with Gasteiger partial charge in [-0.3, -0.25) is 14.4 Å². The quantitative estimate of drug-likeness (QED) is 0.0917. The van der Waals surface area contributed by atoms with Crippen molar-refractivity contribution in [2.45, 2.75) is 43.3 Å². The van der Waals surface area contributed by atoms with Gasteiger partial charge in [0.1, 0.15) is 5.70 Å². The van der Waals surface area contributed by atoms with E-state index in [1.807, 2.05) is 91.2 Å². The molecule has 0 aliphatic heterocycles. The molecule has 0 saturated heterocycles. The summed E-state index contributed by atoms with van der Waals surface area (Å²) in [6.07, 6.45) is 2.26. The molecule has 1 atom stereocenters. The number of hydrogen-bond acceptors (Lipinski definition) is 6. The van der Waals surface area contributed by atoms with E-state index in [-0.39, 0.29) is 22.8 Å². The number of thiazole rings is 1. The maximum absolute atomic E-state index is 13.6. The molecule has 47 heavy (non-hydrogen) atoms.